The van der Waals surface area contributed by atoms with Gasteiger partial charge < -0.3 is 10.4 Å². The molecule has 0 aliphatic rings. The molecule has 0 aliphatic heterocycles. The molecule has 2 heterocycles. The number of aromatic nitrogens is 4. The van der Waals surface area contributed by atoms with Crippen LogP contribution < -0.4 is 5.32 Å². The normalized spacial score (nSPS) is 13.6. The number of halogens is 6. The Labute approximate surface area is 192 Å². The number of fused-ring (bicyclic) bond motifs is 3. The Hall–Kier alpha value is -2.86. The Kier molecular flexibility index (Phi) is 5.77. The van der Waals surface area contributed by atoms with E-state index in [-0.39, 0.29) is 11.3 Å². The molecule has 0 saturated heterocycles. The van der Waals surface area contributed by atoms with Gasteiger partial charge in [0.1, 0.15) is 12.4 Å². The number of aliphatic hydroxyl groups excluding tert-OH is 1. The van der Waals surface area contributed by atoms with E-state index in [1.54, 1.807) is 26.1 Å². The number of benzene rings is 2. The van der Waals surface area contributed by atoms with Crippen LogP contribution in [0.2, 0.25) is 0 Å². The highest BCUT2D eigenvalue weighted by atomic mass is 79.9. The molecule has 4 rings (SSSR count). The predicted molar refractivity (Wildman–Crippen MR) is 116 cm³/mol. The van der Waals surface area contributed by atoms with E-state index in [0.717, 1.165) is 0 Å². The maximum Gasteiger partial charge on any atom is 0.451 e. The molecular weight excluding hydrogens is 513 g/mol. The number of hydrogen-bond donors (Lipinski definition) is 2. The van der Waals surface area contributed by atoms with Crippen molar-refractivity contribution in [2.75, 3.05) is 11.9 Å². The molecule has 2 aromatic carbocycles. The molecule has 33 heavy (non-hydrogen) atoms. The monoisotopic (exact) mass is 529 g/mol. The number of nitrogens with one attached hydrogen (secondary N) is 1. The number of aliphatic hydroxyl groups is 1. The average Bonchev–Trinajstić information content (AvgIpc) is 3.16. The Bertz CT molecular complexity index is 1350. The van der Waals surface area contributed by atoms with E-state index in [9.17, 15) is 22.0 Å². The number of nitrogens with zero attached hydrogens (tertiary/aromatic N) is 4. The summed E-state index contributed by atoms with van der Waals surface area (Å²) in [4.78, 5) is 7.45. The summed E-state index contributed by atoms with van der Waals surface area (Å²) in [5, 5.41) is 16.7. The van der Waals surface area contributed by atoms with Crippen molar-refractivity contribution in [1.29, 1.82) is 0 Å². The van der Waals surface area contributed by atoms with Crippen LogP contribution in [0.3, 0.4) is 0 Å². The minimum absolute atomic E-state index is 0.0545. The van der Waals surface area contributed by atoms with Crippen molar-refractivity contribution in [1.82, 2.24) is 19.7 Å². The van der Waals surface area contributed by atoms with Crippen LogP contribution in [-0.4, -0.2) is 31.5 Å². The lowest BCUT2D eigenvalue weighted by atomic mass is 10.0. The lowest BCUT2D eigenvalue weighted by Crippen LogP contribution is -2.19. The quantitative estimate of drug-likeness (QED) is 0.331. The molecule has 0 saturated carbocycles. The molecule has 1 unspecified atom stereocenters. The van der Waals surface area contributed by atoms with E-state index < -0.39 is 36.1 Å². The molecule has 2 aromatic heterocycles. The van der Waals surface area contributed by atoms with Gasteiger partial charge in [0.25, 0.3) is 5.92 Å². The molecule has 4 aromatic rings. The smallest absolute Gasteiger partial charge is 0.390 e. The summed E-state index contributed by atoms with van der Waals surface area (Å²) in [6.45, 7) is 0.244. The molecule has 0 amide bonds. The van der Waals surface area contributed by atoms with Crippen LogP contribution in [0.1, 0.15) is 29.9 Å². The molecule has 6 nitrogen and oxygen atoms in total. The van der Waals surface area contributed by atoms with Gasteiger partial charge in [-0.25, -0.2) is 9.97 Å². The van der Waals surface area contributed by atoms with Crippen molar-refractivity contribution < 1.29 is 27.1 Å². The number of aryl methyl sites for hydroxylation is 1. The molecule has 174 valence electrons. The van der Waals surface area contributed by atoms with Gasteiger partial charge in [0.15, 0.2) is 0 Å². The zero-order valence-electron chi connectivity index (χ0n) is 17.3. The minimum Gasteiger partial charge on any atom is -0.390 e. The largest absolute Gasteiger partial charge is 0.451 e. The Morgan fingerprint density at radius 2 is 1.85 bits per heavy atom. The number of alkyl halides is 5. The molecule has 1 atom stereocenters. The number of anilines is 1. The van der Waals surface area contributed by atoms with Gasteiger partial charge in [0.2, 0.25) is 5.82 Å². The van der Waals surface area contributed by atoms with Gasteiger partial charge in [0.05, 0.1) is 17.2 Å². The standard InChI is InChI=1S/C21H17BrF5N5O/c1-10(11-4-3-5-12(6-11)20(23,24)9-33)29-18-13-7-15(22)17-14(8-28-32(17)2)16(13)30-19(31-18)21(25,26)27/h3-8,10,33H,9H2,1-2H3,(H,29,30,31). The van der Waals surface area contributed by atoms with Crippen LogP contribution in [0.15, 0.2) is 41.0 Å². The van der Waals surface area contributed by atoms with Gasteiger partial charge in [-0.15, -0.1) is 0 Å². The third kappa shape index (κ3) is 4.24. The molecule has 0 aliphatic carbocycles. The van der Waals surface area contributed by atoms with E-state index >= 15 is 0 Å². The van der Waals surface area contributed by atoms with Gasteiger partial charge in [-0.1, -0.05) is 18.2 Å². The summed E-state index contributed by atoms with van der Waals surface area (Å²) in [6, 6.07) is 6.20. The van der Waals surface area contributed by atoms with Crippen molar-refractivity contribution in [3.05, 3.63) is 58.0 Å². The fourth-order valence-corrected chi connectivity index (χ4v) is 4.25. The third-order valence-corrected chi connectivity index (χ3v) is 5.86. The maximum absolute atomic E-state index is 13.9. The summed E-state index contributed by atoms with van der Waals surface area (Å²) in [6.07, 6.45) is -3.39. The first-order valence-electron chi connectivity index (χ1n) is 9.67. The first-order valence-corrected chi connectivity index (χ1v) is 10.5. The molecule has 2 N–H and O–H groups in total. The zero-order chi connectivity index (χ0) is 24.1. The first-order chi connectivity index (χ1) is 15.4. The van der Waals surface area contributed by atoms with Gasteiger partial charge >= 0.3 is 6.18 Å². The van der Waals surface area contributed by atoms with E-state index in [1.807, 2.05) is 0 Å². The Morgan fingerprint density at radius 1 is 1.12 bits per heavy atom. The lowest BCUT2D eigenvalue weighted by molar-refractivity contribution is -0.144. The SMILES string of the molecule is CC(Nc1nc(C(F)(F)F)nc2c1cc(Br)c1c2cnn1C)c1cccc(C(F)(F)CO)c1. The zero-order valence-corrected chi connectivity index (χ0v) is 18.8. The maximum atomic E-state index is 13.9. The minimum atomic E-state index is -4.81. The van der Waals surface area contributed by atoms with Crippen LogP contribution in [0.5, 0.6) is 0 Å². The highest BCUT2D eigenvalue weighted by molar-refractivity contribution is 9.10. The van der Waals surface area contributed by atoms with E-state index in [1.165, 1.54) is 29.1 Å². The highest BCUT2D eigenvalue weighted by Crippen LogP contribution is 2.38. The van der Waals surface area contributed by atoms with Gasteiger partial charge in [0, 0.05) is 33.9 Å². The highest BCUT2D eigenvalue weighted by Gasteiger charge is 2.36. The fourth-order valence-electron chi connectivity index (χ4n) is 3.55. The topological polar surface area (TPSA) is 75.9 Å². The van der Waals surface area contributed by atoms with Crippen molar-refractivity contribution in [3.63, 3.8) is 0 Å². The summed E-state index contributed by atoms with van der Waals surface area (Å²) in [5.74, 6) is -4.89. The number of hydrogen-bond acceptors (Lipinski definition) is 5. The summed E-state index contributed by atoms with van der Waals surface area (Å²) < 4.78 is 70.6. The Morgan fingerprint density at radius 3 is 2.52 bits per heavy atom. The fraction of sp³-hybridized carbons (Fsp3) is 0.286. The first kappa shape index (κ1) is 23.3. The average molecular weight is 530 g/mol. The molecule has 0 spiro atoms. The molecule has 0 bridgehead atoms. The van der Waals surface area contributed by atoms with Gasteiger partial charge in [-0.05, 0) is 40.5 Å². The van der Waals surface area contributed by atoms with Gasteiger partial charge in [-0.3, -0.25) is 4.68 Å². The van der Waals surface area contributed by atoms with Crippen LogP contribution >= 0.6 is 15.9 Å². The second kappa shape index (κ2) is 8.17. The molecule has 0 radical (unpaired) electrons. The van der Waals surface area contributed by atoms with Crippen LogP contribution in [0.4, 0.5) is 27.8 Å². The number of rotatable bonds is 5. The van der Waals surface area contributed by atoms with E-state index in [2.05, 4.69) is 36.3 Å². The molecule has 0 fully saturated rings. The predicted octanol–water partition coefficient (Wildman–Crippen LogP) is 5.56. The van der Waals surface area contributed by atoms with Crippen molar-refractivity contribution >= 4 is 43.6 Å². The van der Waals surface area contributed by atoms with Crippen LogP contribution in [0, 0.1) is 0 Å². The second-order valence-electron chi connectivity index (χ2n) is 7.53. The van der Waals surface area contributed by atoms with Crippen LogP contribution in [0.25, 0.3) is 21.8 Å². The van der Waals surface area contributed by atoms with E-state index in [0.29, 0.717) is 26.3 Å². The van der Waals surface area contributed by atoms with Crippen molar-refractivity contribution in [2.45, 2.75) is 25.1 Å². The third-order valence-electron chi connectivity index (χ3n) is 5.25. The molecule has 12 heteroatoms. The van der Waals surface area contributed by atoms with E-state index in [4.69, 9.17) is 5.11 Å². The lowest BCUT2D eigenvalue weighted by Gasteiger charge is -2.20. The van der Waals surface area contributed by atoms with Crippen LogP contribution in [-0.2, 0) is 19.1 Å². The Balaban J connectivity index is 1.86. The summed E-state index contributed by atoms with van der Waals surface area (Å²) in [5.41, 5.74) is 0.591. The molecular formula is C21H17BrF5N5O. The van der Waals surface area contributed by atoms with Crippen molar-refractivity contribution in [3.8, 4) is 0 Å². The van der Waals surface area contributed by atoms with Crippen molar-refractivity contribution in [2.24, 2.45) is 7.05 Å². The summed E-state index contributed by atoms with van der Waals surface area (Å²) >= 11 is 3.42. The van der Waals surface area contributed by atoms with Gasteiger partial charge in [-0.2, -0.15) is 27.1 Å². The summed E-state index contributed by atoms with van der Waals surface area (Å²) in [7, 11) is 1.65. The second-order valence-corrected chi connectivity index (χ2v) is 8.39.